The molecule has 4 rings (SSSR count). The zero-order valence-electron chi connectivity index (χ0n) is 14.3. The first kappa shape index (κ1) is 18.3. The van der Waals surface area contributed by atoms with Crippen LogP contribution in [0.5, 0.6) is 0 Å². The van der Waals surface area contributed by atoms with Crippen molar-refractivity contribution < 1.29 is 9.72 Å². The van der Waals surface area contributed by atoms with Gasteiger partial charge in [-0.1, -0.05) is 52.3 Å². The van der Waals surface area contributed by atoms with E-state index < -0.39 is 4.92 Å². The predicted molar refractivity (Wildman–Crippen MR) is 114 cm³/mol. The van der Waals surface area contributed by atoms with Crippen molar-refractivity contribution in [1.82, 2.24) is 4.98 Å². The lowest BCUT2D eigenvalue weighted by atomic mass is 10.0. The molecule has 8 heteroatoms. The number of hydrogen-bond donors (Lipinski definition) is 1. The molecule has 4 aromatic rings. The highest BCUT2D eigenvalue weighted by Gasteiger charge is 2.14. The number of hydrogen-bond acceptors (Lipinski definition) is 5. The van der Waals surface area contributed by atoms with Crippen LogP contribution in [-0.4, -0.2) is 15.8 Å². The summed E-state index contributed by atoms with van der Waals surface area (Å²) in [6.45, 7) is 0. The topological polar surface area (TPSA) is 85.1 Å². The maximum absolute atomic E-state index is 12.8. The molecule has 0 aliphatic rings. The quantitative estimate of drug-likeness (QED) is 0.308. The number of halogens is 1. The van der Waals surface area contributed by atoms with Crippen molar-refractivity contribution in [2.45, 2.75) is 0 Å². The normalized spacial score (nSPS) is 10.8. The number of carbonyl (C=O) groups excluding carboxylic acids is 1. The third-order valence-corrected chi connectivity index (χ3v) is 5.64. The van der Waals surface area contributed by atoms with Gasteiger partial charge in [0, 0.05) is 33.1 Å². The summed E-state index contributed by atoms with van der Waals surface area (Å²) in [6.07, 6.45) is 0. The number of fused-ring (bicyclic) bond motifs is 1. The molecule has 0 fully saturated rings. The van der Waals surface area contributed by atoms with E-state index in [9.17, 15) is 14.9 Å². The van der Waals surface area contributed by atoms with E-state index in [-0.39, 0.29) is 11.6 Å². The number of nitro groups is 1. The number of nitrogens with one attached hydrogen (secondary N) is 1. The smallest absolute Gasteiger partial charge is 0.270 e. The van der Waals surface area contributed by atoms with Gasteiger partial charge in [-0.15, -0.1) is 11.3 Å². The molecule has 1 N–H and O–H groups in total. The standard InChI is InChI=1S/C20H12BrN3O3S/c21-17-9-3-6-14-15(17)7-2-8-16(14)19(25)23-20-22-18(11-28-20)12-4-1-5-13(10-12)24(26)27/h1-11H,(H,22,23,25). The Bertz CT molecular complexity index is 1220. The molecule has 1 amide bonds. The second-order valence-electron chi connectivity index (χ2n) is 5.94. The van der Waals surface area contributed by atoms with Gasteiger partial charge in [-0.3, -0.25) is 20.2 Å². The second-order valence-corrected chi connectivity index (χ2v) is 7.65. The number of amides is 1. The monoisotopic (exact) mass is 453 g/mol. The van der Waals surface area contributed by atoms with Gasteiger partial charge >= 0.3 is 0 Å². The number of rotatable bonds is 4. The van der Waals surface area contributed by atoms with Gasteiger partial charge in [-0.25, -0.2) is 4.98 Å². The van der Waals surface area contributed by atoms with Crippen LogP contribution in [0.1, 0.15) is 10.4 Å². The Morgan fingerprint density at radius 2 is 1.82 bits per heavy atom. The summed E-state index contributed by atoms with van der Waals surface area (Å²) in [5, 5.41) is 17.7. The van der Waals surface area contributed by atoms with Gasteiger partial charge in [0.1, 0.15) is 0 Å². The molecular weight excluding hydrogens is 442 g/mol. The van der Waals surface area contributed by atoms with Crippen LogP contribution in [0.4, 0.5) is 10.8 Å². The summed E-state index contributed by atoms with van der Waals surface area (Å²) in [4.78, 5) is 27.7. The lowest BCUT2D eigenvalue weighted by Gasteiger charge is -2.07. The average Bonchev–Trinajstić information content (AvgIpc) is 3.16. The van der Waals surface area contributed by atoms with Crippen LogP contribution < -0.4 is 5.32 Å². The fraction of sp³-hybridized carbons (Fsp3) is 0. The van der Waals surface area contributed by atoms with E-state index in [1.54, 1.807) is 23.6 Å². The minimum atomic E-state index is -0.447. The Kier molecular flexibility index (Phi) is 4.89. The maximum Gasteiger partial charge on any atom is 0.270 e. The fourth-order valence-electron chi connectivity index (χ4n) is 2.88. The van der Waals surface area contributed by atoms with Crippen molar-refractivity contribution in [3.8, 4) is 11.3 Å². The molecule has 0 aliphatic carbocycles. The van der Waals surface area contributed by atoms with Gasteiger partial charge in [-0.05, 0) is 22.9 Å². The van der Waals surface area contributed by atoms with Crippen LogP contribution in [0.2, 0.25) is 0 Å². The van der Waals surface area contributed by atoms with Crippen molar-refractivity contribution in [2.24, 2.45) is 0 Å². The van der Waals surface area contributed by atoms with Gasteiger partial charge in [-0.2, -0.15) is 0 Å². The molecule has 0 spiro atoms. The second kappa shape index (κ2) is 7.49. The van der Waals surface area contributed by atoms with Crippen LogP contribution in [0, 0.1) is 10.1 Å². The highest BCUT2D eigenvalue weighted by Crippen LogP contribution is 2.29. The van der Waals surface area contributed by atoms with E-state index >= 15 is 0 Å². The van der Waals surface area contributed by atoms with Gasteiger partial charge in [0.25, 0.3) is 11.6 Å². The highest BCUT2D eigenvalue weighted by molar-refractivity contribution is 9.10. The van der Waals surface area contributed by atoms with Crippen LogP contribution in [0.3, 0.4) is 0 Å². The number of non-ortho nitro benzene ring substituents is 1. The average molecular weight is 454 g/mol. The van der Waals surface area contributed by atoms with Crippen LogP contribution in [0.15, 0.2) is 70.5 Å². The van der Waals surface area contributed by atoms with Crippen LogP contribution in [0.25, 0.3) is 22.0 Å². The number of nitrogens with zero attached hydrogens (tertiary/aromatic N) is 2. The van der Waals surface area contributed by atoms with E-state index in [0.29, 0.717) is 22.0 Å². The van der Waals surface area contributed by atoms with Gasteiger partial charge in [0.2, 0.25) is 0 Å². The van der Waals surface area contributed by atoms with Crippen molar-refractivity contribution in [3.63, 3.8) is 0 Å². The van der Waals surface area contributed by atoms with Crippen molar-refractivity contribution in [3.05, 3.63) is 86.2 Å². The zero-order valence-corrected chi connectivity index (χ0v) is 16.7. The summed E-state index contributed by atoms with van der Waals surface area (Å²) >= 11 is 4.77. The minimum absolute atomic E-state index is 0.00239. The summed E-state index contributed by atoms with van der Waals surface area (Å²) in [6, 6.07) is 17.5. The maximum atomic E-state index is 12.8. The summed E-state index contributed by atoms with van der Waals surface area (Å²) in [5.74, 6) is -0.261. The van der Waals surface area contributed by atoms with Crippen molar-refractivity contribution >= 4 is 54.8 Å². The number of thiazole rings is 1. The first-order valence-electron chi connectivity index (χ1n) is 8.22. The van der Waals surface area contributed by atoms with E-state index in [1.807, 2.05) is 30.3 Å². The summed E-state index contributed by atoms with van der Waals surface area (Å²) in [5.41, 5.74) is 1.74. The lowest BCUT2D eigenvalue weighted by molar-refractivity contribution is -0.384. The molecular formula is C20H12BrN3O3S. The Balaban J connectivity index is 1.61. The lowest BCUT2D eigenvalue weighted by Crippen LogP contribution is -2.12. The van der Waals surface area contributed by atoms with Gasteiger partial charge in [0.15, 0.2) is 5.13 Å². The molecule has 1 heterocycles. The van der Waals surface area contributed by atoms with E-state index in [0.717, 1.165) is 15.2 Å². The van der Waals surface area contributed by atoms with Gasteiger partial charge < -0.3 is 0 Å². The fourth-order valence-corrected chi connectivity index (χ4v) is 4.09. The Labute approximate surface area is 172 Å². The molecule has 0 saturated carbocycles. The predicted octanol–water partition coefficient (Wildman–Crippen LogP) is 5.89. The molecule has 6 nitrogen and oxygen atoms in total. The number of carbonyl (C=O) groups is 1. The largest absolute Gasteiger partial charge is 0.298 e. The molecule has 0 bridgehead atoms. The Morgan fingerprint density at radius 3 is 2.64 bits per heavy atom. The van der Waals surface area contributed by atoms with Crippen LogP contribution in [-0.2, 0) is 0 Å². The summed E-state index contributed by atoms with van der Waals surface area (Å²) < 4.78 is 0.918. The molecule has 0 unspecified atom stereocenters. The molecule has 0 radical (unpaired) electrons. The molecule has 138 valence electrons. The molecule has 3 aromatic carbocycles. The zero-order chi connectivity index (χ0) is 19.7. The van der Waals surface area contributed by atoms with E-state index in [2.05, 4.69) is 26.2 Å². The number of aromatic nitrogens is 1. The Hall–Kier alpha value is -3.10. The third kappa shape index (κ3) is 3.51. The number of anilines is 1. The molecule has 0 aliphatic heterocycles. The minimum Gasteiger partial charge on any atom is -0.298 e. The third-order valence-electron chi connectivity index (χ3n) is 4.19. The first-order chi connectivity index (χ1) is 13.5. The van der Waals surface area contributed by atoms with E-state index in [4.69, 9.17) is 0 Å². The molecule has 0 saturated heterocycles. The SMILES string of the molecule is O=C(Nc1nc(-c2cccc([N+](=O)[O-])c2)cs1)c1cccc2c(Br)cccc12. The van der Waals surface area contributed by atoms with Crippen LogP contribution >= 0.6 is 27.3 Å². The van der Waals surface area contributed by atoms with Crippen molar-refractivity contribution in [1.29, 1.82) is 0 Å². The number of nitro benzene ring substituents is 1. The van der Waals surface area contributed by atoms with Gasteiger partial charge in [0.05, 0.1) is 10.6 Å². The molecule has 28 heavy (non-hydrogen) atoms. The van der Waals surface area contributed by atoms with Crippen molar-refractivity contribution in [2.75, 3.05) is 5.32 Å². The number of benzene rings is 3. The Morgan fingerprint density at radius 1 is 1.07 bits per heavy atom. The molecule has 0 atom stereocenters. The summed E-state index contributed by atoms with van der Waals surface area (Å²) in [7, 11) is 0. The highest BCUT2D eigenvalue weighted by atomic mass is 79.9. The first-order valence-corrected chi connectivity index (χ1v) is 9.89. The van der Waals surface area contributed by atoms with E-state index in [1.165, 1.54) is 23.5 Å². The molecule has 1 aromatic heterocycles.